The molecule has 100 valence electrons. The van der Waals surface area contributed by atoms with Gasteiger partial charge >= 0.3 is 0 Å². The molecule has 0 aliphatic carbocycles. The molecule has 3 aromatic rings. The van der Waals surface area contributed by atoms with Gasteiger partial charge in [-0.25, -0.2) is 4.98 Å². The summed E-state index contributed by atoms with van der Waals surface area (Å²) in [5.41, 5.74) is 3.55. The average molecular weight is 265 g/mol. The third-order valence-electron chi connectivity index (χ3n) is 3.24. The Labute approximate surface area is 116 Å². The molecule has 1 amide bonds. The molecule has 0 atom stereocenters. The summed E-state index contributed by atoms with van der Waals surface area (Å²) >= 11 is 0. The van der Waals surface area contributed by atoms with Gasteiger partial charge in [0.2, 0.25) is 0 Å². The fourth-order valence-corrected chi connectivity index (χ4v) is 2.18. The molecule has 0 radical (unpaired) electrons. The first-order valence-electron chi connectivity index (χ1n) is 6.51. The molecule has 2 aromatic carbocycles. The molecule has 2 N–H and O–H groups in total. The van der Waals surface area contributed by atoms with Crippen molar-refractivity contribution >= 4 is 16.9 Å². The third-order valence-corrected chi connectivity index (χ3v) is 3.24. The highest BCUT2D eigenvalue weighted by atomic mass is 16.1. The Hall–Kier alpha value is -2.62. The second-order valence-corrected chi connectivity index (χ2v) is 4.70. The summed E-state index contributed by atoms with van der Waals surface area (Å²) in [5.74, 6) is 0.677. The zero-order valence-electron chi connectivity index (χ0n) is 11.2. The molecule has 0 fully saturated rings. The Morgan fingerprint density at radius 1 is 1.15 bits per heavy atom. The number of imidazole rings is 1. The maximum Gasteiger partial charge on any atom is 0.251 e. The highest BCUT2D eigenvalue weighted by molar-refractivity contribution is 5.95. The van der Waals surface area contributed by atoms with Crippen molar-refractivity contribution in [2.45, 2.75) is 13.5 Å². The lowest BCUT2D eigenvalue weighted by Crippen LogP contribution is -2.24. The van der Waals surface area contributed by atoms with Crippen LogP contribution in [-0.2, 0) is 6.54 Å². The normalized spacial score (nSPS) is 10.7. The highest BCUT2D eigenvalue weighted by Crippen LogP contribution is 2.11. The van der Waals surface area contributed by atoms with Gasteiger partial charge in [0.1, 0.15) is 5.82 Å². The lowest BCUT2D eigenvalue weighted by atomic mass is 10.1. The van der Waals surface area contributed by atoms with E-state index in [2.05, 4.69) is 15.3 Å². The van der Waals surface area contributed by atoms with Gasteiger partial charge in [-0.1, -0.05) is 30.3 Å². The zero-order valence-corrected chi connectivity index (χ0v) is 11.2. The first-order valence-corrected chi connectivity index (χ1v) is 6.51. The van der Waals surface area contributed by atoms with Crippen LogP contribution in [-0.4, -0.2) is 15.9 Å². The second-order valence-electron chi connectivity index (χ2n) is 4.70. The number of hydrogen-bond donors (Lipinski definition) is 2. The van der Waals surface area contributed by atoms with Crippen molar-refractivity contribution in [2.75, 3.05) is 0 Å². The topological polar surface area (TPSA) is 57.8 Å². The number of benzene rings is 2. The summed E-state index contributed by atoms with van der Waals surface area (Å²) in [6.45, 7) is 2.32. The first kappa shape index (κ1) is 12.4. The van der Waals surface area contributed by atoms with Gasteiger partial charge in [0, 0.05) is 5.56 Å². The SMILES string of the molecule is Cc1ccccc1C(=O)NCc1nc2ccccc2[nH]1. The van der Waals surface area contributed by atoms with Crippen LogP contribution < -0.4 is 5.32 Å². The Morgan fingerprint density at radius 3 is 2.70 bits per heavy atom. The van der Waals surface area contributed by atoms with Crippen molar-refractivity contribution in [2.24, 2.45) is 0 Å². The van der Waals surface area contributed by atoms with Crippen molar-refractivity contribution in [3.05, 3.63) is 65.5 Å². The molecular formula is C16H15N3O. The average Bonchev–Trinajstić information content (AvgIpc) is 2.88. The Balaban J connectivity index is 1.73. The van der Waals surface area contributed by atoms with Gasteiger partial charge in [-0.2, -0.15) is 0 Å². The summed E-state index contributed by atoms with van der Waals surface area (Å²) in [6.07, 6.45) is 0. The summed E-state index contributed by atoms with van der Waals surface area (Å²) in [7, 11) is 0. The number of aromatic nitrogens is 2. The maximum absolute atomic E-state index is 12.1. The van der Waals surface area contributed by atoms with Crippen molar-refractivity contribution in [3.63, 3.8) is 0 Å². The Kier molecular flexibility index (Phi) is 3.21. The van der Waals surface area contributed by atoms with Crippen LogP contribution in [0.1, 0.15) is 21.7 Å². The number of fused-ring (bicyclic) bond motifs is 1. The van der Waals surface area contributed by atoms with E-state index in [1.807, 2.05) is 55.5 Å². The second kappa shape index (κ2) is 5.17. The predicted molar refractivity (Wildman–Crippen MR) is 78.4 cm³/mol. The van der Waals surface area contributed by atoms with E-state index >= 15 is 0 Å². The molecule has 0 spiro atoms. The molecule has 1 aromatic heterocycles. The number of aromatic amines is 1. The zero-order chi connectivity index (χ0) is 13.9. The number of rotatable bonds is 3. The molecule has 4 nitrogen and oxygen atoms in total. The largest absolute Gasteiger partial charge is 0.345 e. The number of amides is 1. The van der Waals surface area contributed by atoms with Crippen LogP contribution in [0.25, 0.3) is 11.0 Å². The molecule has 4 heteroatoms. The van der Waals surface area contributed by atoms with Crippen molar-refractivity contribution in [1.29, 1.82) is 0 Å². The minimum Gasteiger partial charge on any atom is -0.345 e. The van der Waals surface area contributed by atoms with Gasteiger partial charge in [0.05, 0.1) is 17.6 Å². The minimum atomic E-state index is -0.0800. The van der Waals surface area contributed by atoms with Crippen molar-refractivity contribution in [3.8, 4) is 0 Å². The fourth-order valence-electron chi connectivity index (χ4n) is 2.18. The van der Waals surface area contributed by atoms with Crippen LogP contribution in [0.2, 0.25) is 0 Å². The summed E-state index contributed by atoms with van der Waals surface area (Å²) in [4.78, 5) is 19.7. The van der Waals surface area contributed by atoms with Gasteiger partial charge < -0.3 is 10.3 Å². The van der Waals surface area contributed by atoms with E-state index in [9.17, 15) is 4.79 Å². The molecule has 0 unspecified atom stereocenters. The van der Waals surface area contributed by atoms with Crippen LogP contribution in [0, 0.1) is 6.92 Å². The summed E-state index contributed by atoms with van der Waals surface area (Å²) in [5, 5.41) is 2.88. The third kappa shape index (κ3) is 2.40. The predicted octanol–water partition coefficient (Wildman–Crippen LogP) is 2.80. The van der Waals surface area contributed by atoms with Gasteiger partial charge in [-0.15, -0.1) is 0 Å². The molecule has 1 heterocycles. The number of nitrogens with zero attached hydrogens (tertiary/aromatic N) is 1. The number of nitrogens with one attached hydrogen (secondary N) is 2. The van der Waals surface area contributed by atoms with E-state index in [0.717, 1.165) is 22.4 Å². The van der Waals surface area contributed by atoms with E-state index in [0.29, 0.717) is 12.1 Å². The molecular weight excluding hydrogens is 250 g/mol. The summed E-state index contributed by atoms with van der Waals surface area (Å²) in [6, 6.07) is 15.3. The van der Waals surface area contributed by atoms with Crippen LogP contribution >= 0.6 is 0 Å². The highest BCUT2D eigenvalue weighted by Gasteiger charge is 2.09. The smallest absolute Gasteiger partial charge is 0.251 e. The first-order chi connectivity index (χ1) is 9.74. The van der Waals surface area contributed by atoms with E-state index in [1.54, 1.807) is 0 Å². The quantitative estimate of drug-likeness (QED) is 0.765. The van der Waals surface area contributed by atoms with Gasteiger partial charge in [0.15, 0.2) is 0 Å². The van der Waals surface area contributed by atoms with Crippen LogP contribution in [0.15, 0.2) is 48.5 Å². The van der Waals surface area contributed by atoms with E-state index in [1.165, 1.54) is 0 Å². The van der Waals surface area contributed by atoms with Crippen molar-refractivity contribution < 1.29 is 4.79 Å². The Morgan fingerprint density at radius 2 is 1.90 bits per heavy atom. The van der Waals surface area contributed by atoms with Gasteiger partial charge in [0.25, 0.3) is 5.91 Å². The number of carbonyl (C=O) groups excluding carboxylic acids is 1. The van der Waals surface area contributed by atoms with Crippen LogP contribution in [0.3, 0.4) is 0 Å². The molecule has 0 aliphatic heterocycles. The Bertz CT molecular complexity index is 728. The molecule has 0 saturated heterocycles. The monoisotopic (exact) mass is 265 g/mol. The maximum atomic E-state index is 12.1. The minimum absolute atomic E-state index is 0.0800. The number of H-pyrrole nitrogens is 1. The lowest BCUT2D eigenvalue weighted by molar-refractivity contribution is 0.0949. The standard InChI is InChI=1S/C16H15N3O/c1-11-6-2-3-7-12(11)16(20)17-10-15-18-13-8-4-5-9-14(13)19-15/h2-9H,10H2,1H3,(H,17,20)(H,18,19). The number of carbonyl (C=O) groups is 1. The molecule has 3 rings (SSSR count). The van der Waals surface area contributed by atoms with Crippen LogP contribution in [0.4, 0.5) is 0 Å². The van der Waals surface area contributed by atoms with E-state index in [-0.39, 0.29) is 5.91 Å². The van der Waals surface area contributed by atoms with E-state index < -0.39 is 0 Å². The number of para-hydroxylation sites is 2. The summed E-state index contributed by atoms with van der Waals surface area (Å²) < 4.78 is 0. The van der Waals surface area contributed by atoms with Crippen LogP contribution in [0.5, 0.6) is 0 Å². The molecule has 20 heavy (non-hydrogen) atoms. The molecule has 0 bridgehead atoms. The van der Waals surface area contributed by atoms with Gasteiger partial charge in [-0.05, 0) is 30.7 Å². The lowest BCUT2D eigenvalue weighted by Gasteiger charge is -2.05. The number of hydrogen-bond acceptors (Lipinski definition) is 2. The van der Waals surface area contributed by atoms with E-state index in [4.69, 9.17) is 0 Å². The molecule has 0 aliphatic rings. The molecule has 0 saturated carbocycles. The van der Waals surface area contributed by atoms with Crippen molar-refractivity contribution in [1.82, 2.24) is 15.3 Å². The van der Waals surface area contributed by atoms with Gasteiger partial charge in [-0.3, -0.25) is 4.79 Å². The number of aryl methyl sites for hydroxylation is 1. The fraction of sp³-hybridized carbons (Fsp3) is 0.125.